The Morgan fingerprint density at radius 1 is 1.43 bits per heavy atom. The lowest BCUT2D eigenvalue weighted by Gasteiger charge is -2.42. The van der Waals surface area contributed by atoms with Crippen molar-refractivity contribution in [2.75, 3.05) is 0 Å². The minimum absolute atomic E-state index is 0.0549. The summed E-state index contributed by atoms with van der Waals surface area (Å²) in [5, 5.41) is 23.1. The SMILES string of the molecule is CC1(C)Oc2ccc(C#N)cc2[C@@H](NC2=C(Br)C(=O)CC2)[C@@H]1O. The van der Waals surface area contributed by atoms with Crippen LogP contribution in [0.2, 0.25) is 0 Å². The molecular weight excluding hydrogens is 360 g/mol. The van der Waals surface area contributed by atoms with Crippen LogP contribution in [-0.2, 0) is 4.79 Å². The van der Waals surface area contributed by atoms with Gasteiger partial charge in [0, 0.05) is 17.7 Å². The zero-order chi connectivity index (χ0) is 16.8. The number of ether oxygens (including phenoxy) is 1. The molecule has 1 aromatic carbocycles. The van der Waals surface area contributed by atoms with Gasteiger partial charge in [-0.15, -0.1) is 0 Å². The third kappa shape index (κ3) is 2.75. The summed E-state index contributed by atoms with van der Waals surface area (Å²) in [5.74, 6) is 0.692. The third-order valence-corrected chi connectivity index (χ3v) is 5.24. The highest BCUT2D eigenvalue weighted by molar-refractivity contribution is 9.12. The van der Waals surface area contributed by atoms with Crippen LogP contribution in [0.15, 0.2) is 28.4 Å². The summed E-state index contributed by atoms with van der Waals surface area (Å²) >= 11 is 3.32. The second kappa shape index (κ2) is 5.66. The lowest BCUT2D eigenvalue weighted by molar-refractivity contribution is -0.114. The Morgan fingerprint density at radius 2 is 2.17 bits per heavy atom. The lowest BCUT2D eigenvalue weighted by Crippen LogP contribution is -2.52. The molecule has 0 saturated carbocycles. The molecule has 1 heterocycles. The summed E-state index contributed by atoms with van der Waals surface area (Å²) in [6.45, 7) is 3.63. The highest BCUT2D eigenvalue weighted by Gasteiger charge is 2.43. The first-order valence-electron chi connectivity index (χ1n) is 7.43. The minimum atomic E-state index is -0.826. The monoisotopic (exact) mass is 376 g/mol. The maximum Gasteiger partial charge on any atom is 0.171 e. The number of carbonyl (C=O) groups excluding carboxylic acids is 1. The fraction of sp³-hybridized carbons (Fsp3) is 0.412. The topological polar surface area (TPSA) is 82.3 Å². The molecule has 0 spiro atoms. The summed E-state index contributed by atoms with van der Waals surface area (Å²) in [6.07, 6.45) is 0.237. The van der Waals surface area contributed by atoms with E-state index in [1.54, 1.807) is 18.2 Å². The molecule has 2 N–H and O–H groups in total. The van der Waals surface area contributed by atoms with Gasteiger partial charge in [0.25, 0.3) is 0 Å². The number of allylic oxidation sites excluding steroid dienone is 2. The van der Waals surface area contributed by atoms with Crippen molar-refractivity contribution >= 4 is 21.7 Å². The Bertz CT molecular complexity index is 749. The molecule has 3 rings (SSSR count). The van der Waals surface area contributed by atoms with Crippen LogP contribution in [0.5, 0.6) is 5.75 Å². The number of fused-ring (bicyclic) bond motifs is 1. The Labute approximate surface area is 143 Å². The van der Waals surface area contributed by atoms with Crippen LogP contribution in [0.1, 0.15) is 43.9 Å². The molecule has 2 aliphatic rings. The number of hydrogen-bond donors (Lipinski definition) is 2. The van der Waals surface area contributed by atoms with E-state index in [9.17, 15) is 9.90 Å². The van der Waals surface area contributed by atoms with Crippen LogP contribution in [-0.4, -0.2) is 22.6 Å². The predicted octanol–water partition coefficient (Wildman–Crippen LogP) is 2.69. The average Bonchev–Trinajstić information content (AvgIpc) is 2.83. The fourth-order valence-corrected chi connectivity index (χ4v) is 3.49. The minimum Gasteiger partial charge on any atom is -0.485 e. The molecule has 120 valence electrons. The van der Waals surface area contributed by atoms with Gasteiger partial charge in [-0.25, -0.2) is 0 Å². The Morgan fingerprint density at radius 3 is 2.78 bits per heavy atom. The Hall–Kier alpha value is -1.84. The molecule has 0 aromatic heterocycles. The van der Waals surface area contributed by atoms with Crippen LogP contribution in [0.3, 0.4) is 0 Å². The molecule has 2 atom stereocenters. The van der Waals surface area contributed by atoms with E-state index in [1.807, 2.05) is 13.8 Å². The Kier molecular flexibility index (Phi) is 3.95. The zero-order valence-corrected chi connectivity index (χ0v) is 14.5. The molecule has 1 aliphatic carbocycles. The zero-order valence-electron chi connectivity index (χ0n) is 12.9. The van der Waals surface area contributed by atoms with E-state index in [0.29, 0.717) is 28.6 Å². The number of nitriles is 1. The third-order valence-electron chi connectivity index (χ3n) is 4.32. The van der Waals surface area contributed by atoms with Gasteiger partial charge >= 0.3 is 0 Å². The standard InChI is InChI=1S/C17H17BrN2O3/c1-17(2)16(22)15(20-11-4-5-12(21)14(11)18)10-7-9(8-19)3-6-13(10)23-17/h3,6-7,15-16,20,22H,4-5H2,1-2H3/t15-,16+/m1/s1. The van der Waals surface area contributed by atoms with Crippen molar-refractivity contribution in [3.63, 3.8) is 0 Å². The number of carbonyl (C=O) groups is 1. The van der Waals surface area contributed by atoms with E-state index in [4.69, 9.17) is 10.00 Å². The van der Waals surface area contributed by atoms with Crippen molar-refractivity contribution < 1.29 is 14.6 Å². The number of benzene rings is 1. The first-order chi connectivity index (χ1) is 10.8. The molecule has 1 aliphatic heterocycles. The first kappa shape index (κ1) is 16.0. The molecule has 0 fully saturated rings. The van der Waals surface area contributed by atoms with E-state index in [0.717, 1.165) is 11.3 Å². The van der Waals surface area contributed by atoms with Gasteiger partial charge < -0.3 is 15.2 Å². The highest BCUT2D eigenvalue weighted by atomic mass is 79.9. The summed E-state index contributed by atoms with van der Waals surface area (Å²) in [4.78, 5) is 11.7. The molecule has 0 amide bonds. The number of rotatable bonds is 2. The first-order valence-corrected chi connectivity index (χ1v) is 8.22. The number of nitrogens with zero attached hydrogens (tertiary/aromatic N) is 1. The lowest BCUT2D eigenvalue weighted by atomic mass is 9.85. The molecule has 0 bridgehead atoms. The molecule has 1 aromatic rings. The van der Waals surface area contributed by atoms with E-state index < -0.39 is 17.7 Å². The van der Waals surface area contributed by atoms with Crippen LogP contribution < -0.4 is 10.1 Å². The number of Topliss-reactive ketones (excluding diaryl/α,β-unsaturated/α-hetero) is 1. The molecule has 0 unspecified atom stereocenters. The summed E-state index contributed by atoms with van der Waals surface area (Å²) < 4.78 is 6.41. The molecular formula is C17H17BrN2O3. The van der Waals surface area contributed by atoms with Crippen molar-refractivity contribution in [1.29, 1.82) is 5.26 Å². The number of aliphatic hydroxyl groups is 1. The number of hydrogen-bond acceptors (Lipinski definition) is 5. The van der Waals surface area contributed by atoms with Crippen molar-refractivity contribution in [2.24, 2.45) is 0 Å². The second-order valence-corrected chi connectivity index (χ2v) is 7.15. The van der Waals surface area contributed by atoms with E-state index in [2.05, 4.69) is 27.3 Å². The number of aliphatic hydroxyl groups excluding tert-OH is 1. The van der Waals surface area contributed by atoms with Crippen molar-refractivity contribution in [3.8, 4) is 11.8 Å². The smallest absolute Gasteiger partial charge is 0.171 e. The summed E-state index contributed by atoms with van der Waals surface area (Å²) in [6, 6.07) is 6.81. The van der Waals surface area contributed by atoms with E-state index in [-0.39, 0.29) is 5.78 Å². The molecule has 6 heteroatoms. The highest BCUT2D eigenvalue weighted by Crippen LogP contribution is 2.41. The van der Waals surface area contributed by atoms with Crippen molar-refractivity contribution in [3.05, 3.63) is 39.5 Å². The predicted molar refractivity (Wildman–Crippen MR) is 87.9 cm³/mol. The van der Waals surface area contributed by atoms with Crippen LogP contribution in [0.25, 0.3) is 0 Å². The van der Waals surface area contributed by atoms with Gasteiger partial charge in [0.1, 0.15) is 17.5 Å². The maximum atomic E-state index is 11.7. The normalized spacial score (nSPS) is 25.6. The van der Waals surface area contributed by atoms with Gasteiger partial charge in [-0.05, 0) is 54.4 Å². The van der Waals surface area contributed by atoms with Crippen molar-refractivity contribution in [1.82, 2.24) is 5.32 Å². The van der Waals surface area contributed by atoms with Gasteiger partial charge in [-0.3, -0.25) is 4.79 Å². The number of halogens is 1. The second-order valence-electron chi connectivity index (χ2n) is 6.35. The van der Waals surface area contributed by atoms with Gasteiger partial charge in [0.05, 0.1) is 22.2 Å². The van der Waals surface area contributed by atoms with Crippen molar-refractivity contribution in [2.45, 2.75) is 44.4 Å². The Balaban J connectivity index is 2.04. The molecule has 23 heavy (non-hydrogen) atoms. The number of nitrogens with one attached hydrogen (secondary N) is 1. The summed E-state index contributed by atoms with van der Waals surface area (Å²) in [7, 11) is 0. The van der Waals surface area contributed by atoms with Crippen LogP contribution in [0, 0.1) is 11.3 Å². The number of ketones is 1. The molecule has 0 saturated heterocycles. The average molecular weight is 377 g/mol. The van der Waals surface area contributed by atoms with Gasteiger partial charge in [0.15, 0.2) is 5.78 Å². The quantitative estimate of drug-likeness (QED) is 0.828. The van der Waals surface area contributed by atoms with E-state index >= 15 is 0 Å². The van der Waals surface area contributed by atoms with Crippen LogP contribution >= 0.6 is 15.9 Å². The van der Waals surface area contributed by atoms with Gasteiger partial charge in [-0.1, -0.05) is 0 Å². The molecule has 5 nitrogen and oxygen atoms in total. The van der Waals surface area contributed by atoms with E-state index in [1.165, 1.54) is 0 Å². The fourth-order valence-electron chi connectivity index (χ4n) is 2.98. The largest absolute Gasteiger partial charge is 0.485 e. The van der Waals surface area contributed by atoms with Crippen LogP contribution in [0.4, 0.5) is 0 Å². The van der Waals surface area contributed by atoms with Gasteiger partial charge in [0.2, 0.25) is 0 Å². The molecule has 0 radical (unpaired) electrons. The summed E-state index contributed by atoms with van der Waals surface area (Å²) in [5.41, 5.74) is 1.23. The maximum absolute atomic E-state index is 11.7. The van der Waals surface area contributed by atoms with Gasteiger partial charge in [-0.2, -0.15) is 5.26 Å².